The van der Waals surface area contributed by atoms with Crippen molar-refractivity contribution in [1.82, 2.24) is 10.2 Å². The second kappa shape index (κ2) is 7.13. The summed E-state index contributed by atoms with van der Waals surface area (Å²) in [5.41, 5.74) is 1.04. The van der Waals surface area contributed by atoms with Gasteiger partial charge in [-0.05, 0) is 50.1 Å². The van der Waals surface area contributed by atoms with E-state index in [2.05, 4.69) is 20.4 Å². The number of nitrogens with one attached hydrogen (secondary N) is 1. The maximum Gasteiger partial charge on any atom is 0.227 e. The maximum absolute atomic E-state index is 13.8. The zero-order valence-electron chi connectivity index (χ0n) is 13.3. The standard InChI is InChI=1S/C17H18ClFN4O/c1-11-2-5-16(22-21-11)23-8-6-12(7-9-23)17(24)20-15-4-3-13(18)10-14(15)19/h2-5,10,12H,6-9H2,1H3,(H,20,24). The van der Waals surface area contributed by atoms with E-state index in [0.717, 1.165) is 24.6 Å². The largest absolute Gasteiger partial charge is 0.355 e. The molecule has 1 amide bonds. The highest BCUT2D eigenvalue weighted by Gasteiger charge is 2.26. The predicted octanol–water partition coefficient (Wildman–Crippen LogP) is 3.43. The monoisotopic (exact) mass is 348 g/mol. The minimum Gasteiger partial charge on any atom is -0.355 e. The molecule has 1 aromatic heterocycles. The van der Waals surface area contributed by atoms with Crippen molar-refractivity contribution >= 4 is 29.0 Å². The lowest BCUT2D eigenvalue weighted by molar-refractivity contribution is -0.120. The summed E-state index contributed by atoms with van der Waals surface area (Å²) in [6.07, 6.45) is 1.38. The quantitative estimate of drug-likeness (QED) is 0.923. The molecule has 1 N–H and O–H groups in total. The molecule has 0 atom stereocenters. The summed E-state index contributed by atoms with van der Waals surface area (Å²) in [6.45, 7) is 3.33. The van der Waals surface area contributed by atoms with E-state index >= 15 is 0 Å². The van der Waals surface area contributed by atoms with Crippen LogP contribution in [0.2, 0.25) is 5.02 Å². The van der Waals surface area contributed by atoms with Gasteiger partial charge in [0.05, 0.1) is 11.4 Å². The summed E-state index contributed by atoms with van der Waals surface area (Å²) < 4.78 is 13.8. The van der Waals surface area contributed by atoms with Crippen LogP contribution in [0.3, 0.4) is 0 Å². The molecular weight excluding hydrogens is 331 g/mol. The molecule has 0 aliphatic carbocycles. The van der Waals surface area contributed by atoms with Crippen LogP contribution < -0.4 is 10.2 Å². The van der Waals surface area contributed by atoms with Crippen LogP contribution in [0.1, 0.15) is 18.5 Å². The lowest BCUT2D eigenvalue weighted by Gasteiger charge is -2.31. The lowest BCUT2D eigenvalue weighted by atomic mass is 9.96. The van der Waals surface area contributed by atoms with Crippen LogP contribution in [0, 0.1) is 18.7 Å². The van der Waals surface area contributed by atoms with E-state index < -0.39 is 5.82 Å². The summed E-state index contributed by atoms with van der Waals surface area (Å²) >= 11 is 5.72. The molecule has 24 heavy (non-hydrogen) atoms. The van der Waals surface area contributed by atoms with Crippen molar-refractivity contribution in [1.29, 1.82) is 0 Å². The highest BCUT2D eigenvalue weighted by molar-refractivity contribution is 6.30. The third kappa shape index (κ3) is 3.82. The summed E-state index contributed by atoms with van der Waals surface area (Å²) in [7, 11) is 0. The molecule has 1 aliphatic rings. The van der Waals surface area contributed by atoms with Gasteiger partial charge < -0.3 is 10.2 Å². The number of benzene rings is 1. The fraction of sp³-hybridized carbons (Fsp3) is 0.353. The van der Waals surface area contributed by atoms with Crippen molar-refractivity contribution in [2.24, 2.45) is 5.92 Å². The van der Waals surface area contributed by atoms with Gasteiger partial charge in [0.15, 0.2) is 5.82 Å². The summed E-state index contributed by atoms with van der Waals surface area (Å²) in [6, 6.07) is 8.08. The number of aromatic nitrogens is 2. The molecule has 7 heteroatoms. The van der Waals surface area contributed by atoms with Crippen molar-refractivity contribution in [3.63, 3.8) is 0 Å². The van der Waals surface area contributed by atoms with Gasteiger partial charge in [-0.1, -0.05) is 11.6 Å². The third-order valence-corrected chi connectivity index (χ3v) is 4.40. The number of nitrogens with zero attached hydrogens (tertiary/aromatic N) is 3. The summed E-state index contributed by atoms with van der Waals surface area (Å²) in [5.74, 6) is -0.00739. The number of carbonyl (C=O) groups is 1. The van der Waals surface area contributed by atoms with Crippen molar-refractivity contribution in [2.45, 2.75) is 19.8 Å². The zero-order valence-corrected chi connectivity index (χ0v) is 14.1. The van der Waals surface area contributed by atoms with Crippen molar-refractivity contribution in [2.75, 3.05) is 23.3 Å². The van der Waals surface area contributed by atoms with E-state index in [0.29, 0.717) is 17.9 Å². The second-order valence-corrected chi connectivity index (χ2v) is 6.34. The lowest BCUT2D eigenvalue weighted by Crippen LogP contribution is -2.38. The molecule has 0 spiro atoms. The Kier molecular flexibility index (Phi) is 4.94. The first-order chi connectivity index (χ1) is 11.5. The average molecular weight is 349 g/mol. The van der Waals surface area contributed by atoms with Crippen LogP contribution in [0.4, 0.5) is 15.9 Å². The molecule has 0 radical (unpaired) electrons. The zero-order chi connectivity index (χ0) is 17.1. The Morgan fingerprint density at radius 3 is 2.62 bits per heavy atom. The number of carbonyl (C=O) groups excluding carboxylic acids is 1. The van der Waals surface area contributed by atoms with E-state index in [1.807, 2.05) is 19.1 Å². The minimum absolute atomic E-state index is 0.144. The molecule has 1 aromatic carbocycles. The Morgan fingerprint density at radius 2 is 2.00 bits per heavy atom. The normalized spacial score (nSPS) is 15.4. The molecule has 3 rings (SSSR count). The molecule has 126 valence electrons. The fourth-order valence-corrected chi connectivity index (χ4v) is 2.92. The molecule has 2 heterocycles. The first-order valence-electron chi connectivity index (χ1n) is 7.84. The third-order valence-electron chi connectivity index (χ3n) is 4.16. The van der Waals surface area contributed by atoms with Gasteiger partial charge >= 0.3 is 0 Å². The van der Waals surface area contributed by atoms with Gasteiger partial charge in [0.25, 0.3) is 0 Å². The predicted molar refractivity (Wildman–Crippen MR) is 91.7 cm³/mol. The Hall–Kier alpha value is -2.21. The van der Waals surface area contributed by atoms with Crippen LogP contribution in [-0.2, 0) is 4.79 Å². The van der Waals surface area contributed by atoms with E-state index in [4.69, 9.17) is 11.6 Å². The highest BCUT2D eigenvalue weighted by atomic mass is 35.5. The van der Waals surface area contributed by atoms with E-state index in [-0.39, 0.29) is 17.5 Å². The number of amides is 1. The van der Waals surface area contributed by atoms with Gasteiger partial charge in [-0.2, -0.15) is 5.10 Å². The van der Waals surface area contributed by atoms with Crippen molar-refractivity contribution in [3.8, 4) is 0 Å². The topological polar surface area (TPSA) is 58.1 Å². The highest BCUT2D eigenvalue weighted by Crippen LogP contribution is 2.24. The molecular formula is C17H18ClFN4O. The van der Waals surface area contributed by atoms with Gasteiger partial charge in [0, 0.05) is 24.0 Å². The van der Waals surface area contributed by atoms with Crippen LogP contribution in [0.5, 0.6) is 0 Å². The number of hydrogen-bond donors (Lipinski definition) is 1. The molecule has 2 aromatic rings. The van der Waals surface area contributed by atoms with Crippen molar-refractivity contribution < 1.29 is 9.18 Å². The summed E-state index contributed by atoms with van der Waals surface area (Å²) in [5, 5.41) is 11.2. The number of rotatable bonds is 3. The number of anilines is 2. The molecule has 1 saturated heterocycles. The van der Waals surface area contributed by atoms with Crippen LogP contribution in [-0.4, -0.2) is 29.2 Å². The Bertz CT molecular complexity index is 730. The number of halogens is 2. The van der Waals surface area contributed by atoms with Gasteiger partial charge in [0.2, 0.25) is 5.91 Å². The SMILES string of the molecule is Cc1ccc(N2CCC(C(=O)Nc3ccc(Cl)cc3F)CC2)nn1. The van der Waals surface area contributed by atoms with Crippen LogP contribution in [0.25, 0.3) is 0 Å². The Balaban J connectivity index is 1.58. The van der Waals surface area contributed by atoms with Crippen molar-refractivity contribution in [3.05, 3.63) is 46.9 Å². The van der Waals surface area contributed by atoms with Crippen LogP contribution >= 0.6 is 11.6 Å². The van der Waals surface area contributed by atoms with Gasteiger partial charge in [-0.3, -0.25) is 4.79 Å². The Morgan fingerprint density at radius 1 is 1.25 bits per heavy atom. The second-order valence-electron chi connectivity index (χ2n) is 5.91. The minimum atomic E-state index is -0.525. The van der Waals surface area contributed by atoms with E-state index in [9.17, 15) is 9.18 Å². The molecule has 0 bridgehead atoms. The Labute approximate surface area is 144 Å². The molecule has 5 nitrogen and oxygen atoms in total. The number of aryl methyl sites for hydroxylation is 1. The first kappa shape index (κ1) is 16.6. The number of piperidine rings is 1. The van der Waals surface area contributed by atoms with Crippen LogP contribution in [0.15, 0.2) is 30.3 Å². The molecule has 0 unspecified atom stereocenters. The fourth-order valence-electron chi connectivity index (χ4n) is 2.76. The smallest absolute Gasteiger partial charge is 0.227 e. The van der Waals surface area contributed by atoms with E-state index in [1.165, 1.54) is 12.1 Å². The average Bonchev–Trinajstić information content (AvgIpc) is 2.58. The molecule has 0 saturated carbocycles. The van der Waals surface area contributed by atoms with Gasteiger partial charge in [0.1, 0.15) is 5.82 Å². The first-order valence-corrected chi connectivity index (χ1v) is 8.22. The maximum atomic E-state index is 13.8. The molecule has 1 aliphatic heterocycles. The van der Waals surface area contributed by atoms with Gasteiger partial charge in [-0.15, -0.1) is 5.10 Å². The molecule has 1 fully saturated rings. The number of hydrogen-bond acceptors (Lipinski definition) is 4. The summed E-state index contributed by atoms with van der Waals surface area (Å²) in [4.78, 5) is 14.4. The van der Waals surface area contributed by atoms with Gasteiger partial charge in [-0.25, -0.2) is 4.39 Å². The van der Waals surface area contributed by atoms with E-state index in [1.54, 1.807) is 6.07 Å².